The Kier molecular flexibility index (Phi) is 3.24. The maximum absolute atomic E-state index is 6.35. The van der Waals surface area contributed by atoms with Gasteiger partial charge >= 0.3 is 0 Å². The smallest absolute Gasteiger partial charge is 0.0722 e. The van der Waals surface area contributed by atoms with Crippen LogP contribution >= 0.6 is 15.9 Å². The van der Waals surface area contributed by atoms with E-state index in [2.05, 4.69) is 28.1 Å². The van der Waals surface area contributed by atoms with Gasteiger partial charge in [-0.15, -0.1) is 0 Å². The zero-order valence-corrected chi connectivity index (χ0v) is 11.5. The molecule has 17 heavy (non-hydrogen) atoms. The maximum Gasteiger partial charge on any atom is 0.0722 e. The molecule has 0 radical (unpaired) electrons. The highest BCUT2D eigenvalue weighted by atomic mass is 79.9. The molecule has 1 saturated carbocycles. The predicted molar refractivity (Wildman–Crippen MR) is 71.8 cm³/mol. The Morgan fingerprint density at radius 1 is 1.41 bits per heavy atom. The van der Waals surface area contributed by atoms with Gasteiger partial charge in [0, 0.05) is 10.5 Å². The summed E-state index contributed by atoms with van der Waals surface area (Å²) in [6, 6.07) is 4.57. The first-order valence-corrected chi connectivity index (χ1v) is 7.18. The third-order valence-corrected chi connectivity index (χ3v) is 4.25. The van der Waals surface area contributed by atoms with Gasteiger partial charge in [-0.3, -0.25) is 0 Å². The van der Waals surface area contributed by atoms with Crippen LogP contribution in [0, 0.1) is 5.92 Å². The molecule has 2 N–H and O–H groups in total. The van der Waals surface area contributed by atoms with E-state index in [4.69, 9.17) is 10.5 Å². The van der Waals surface area contributed by atoms with Crippen molar-refractivity contribution < 1.29 is 4.74 Å². The van der Waals surface area contributed by atoms with Crippen molar-refractivity contribution in [2.45, 2.75) is 38.3 Å². The van der Waals surface area contributed by atoms with Crippen molar-refractivity contribution in [3.8, 4) is 0 Å². The van der Waals surface area contributed by atoms with Gasteiger partial charge in [0.15, 0.2) is 0 Å². The summed E-state index contributed by atoms with van der Waals surface area (Å²) in [7, 11) is 0. The third-order valence-electron chi connectivity index (χ3n) is 3.79. The first kappa shape index (κ1) is 11.7. The standard InChI is InChI=1S/C14H18BrNO/c15-11-6-10-3-4-17-8-13(10)12(7-11)14(16)5-9-1-2-9/h6-7,9,14H,1-5,8,16H2. The first-order chi connectivity index (χ1) is 8.24. The monoisotopic (exact) mass is 295 g/mol. The highest BCUT2D eigenvalue weighted by Crippen LogP contribution is 2.39. The second-order valence-corrected chi connectivity index (χ2v) is 6.14. The molecule has 1 unspecified atom stereocenters. The van der Waals surface area contributed by atoms with Crippen molar-refractivity contribution in [3.05, 3.63) is 33.3 Å². The van der Waals surface area contributed by atoms with Crippen molar-refractivity contribution in [2.24, 2.45) is 11.7 Å². The van der Waals surface area contributed by atoms with Gasteiger partial charge in [0.1, 0.15) is 0 Å². The minimum absolute atomic E-state index is 0.176. The zero-order valence-electron chi connectivity index (χ0n) is 9.92. The molecule has 1 aliphatic heterocycles. The molecule has 0 bridgehead atoms. The van der Waals surface area contributed by atoms with Crippen LogP contribution < -0.4 is 5.73 Å². The molecule has 2 aliphatic rings. The lowest BCUT2D eigenvalue weighted by Gasteiger charge is -2.23. The molecular formula is C14H18BrNO. The molecular weight excluding hydrogens is 278 g/mol. The molecule has 0 saturated heterocycles. The highest BCUT2D eigenvalue weighted by Gasteiger charge is 2.26. The number of halogens is 1. The summed E-state index contributed by atoms with van der Waals surface area (Å²) in [5.41, 5.74) is 10.4. The second-order valence-electron chi connectivity index (χ2n) is 5.22. The van der Waals surface area contributed by atoms with Gasteiger partial charge in [-0.05, 0) is 47.6 Å². The topological polar surface area (TPSA) is 35.2 Å². The summed E-state index contributed by atoms with van der Waals surface area (Å²) in [6.07, 6.45) is 4.86. The molecule has 3 rings (SSSR count). The van der Waals surface area contributed by atoms with Crippen molar-refractivity contribution in [2.75, 3.05) is 6.61 Å². The van der Waals surface area contributed by atoms with Crippen LogP contribution in [0.3, 0.4) is 0 Å². The minimum Gasteiger partial charge on any atom is -0.376 e. The van der Waals surface area contributed by atoms with E-state index in [0.29, 0.717) is 0 Å². The SMILES string of the molecule is NC(CC1CC1)c1cc(Br)cc2c1COCC2. The fourth-order valence-electron chi connectivity index (χ4n) is 2.64. The van der Waals surface area contributed by atoms with E-state index >= 15 is 0 Å². The lowest BCUT2D eigenvalue weighted by molar-refractivity contribution is 0.109. The van der Waals surface area contributed by atoms with Crippen molar-refractivity contribution in [3.63, 3.8) is 0 Å². The number of ether oxygens (including phenoxy) is 1. The van der Waals surface area contributed by atoms with Crippen LogP contribution in [-0.4, -0.2) is 6.61 Å². The molecule has 0 aromatic heterocycles. The Morgan fingerprint density at radius 2 is 2.24 bits per heavy atom. The lowest BCUT2D eigenvalue weighted by atomic mass is 9.91. The molecule has 2 nitrogen and oxygen atoms in total. The molecule has 1 aromatic carbocycles. The van der Waals surface area contributed by atoms with Gasteiger partial charge in [-0.2, -0.15) is 0 Å². The summed E-state index contributed by atoms with van der Waals surface area (Å²) in [6.45, 7) is 1.57. The van der Waals surface area contributed by atoms with E-state index in [1.807, 2.05) is 0 Å². The summed E-state index contributed by atoms with van der Waals surface area (Å²) < 4.78 is 6.73. The van der Waals surface area contributed by atoms with Gasteiger partial charge in [0.25, 0.3) is 0 Å². The third kappa shape index (κ3) is 2.56. The fourth-order valence-corrected chi connectivity index (χ4v) is 3.17. The van der Waals surface area contributed by atoms with Crippen LogP contribution in [0.4, 0.5) is 0 Å². The van der Waals surface area contributed by atoms with E-state index in [1.165, 1.54) is 29.5 Å². The Balaban J connectivity index is 1.92. The second kappa shape index (κ2) is 4.71. The van der Waals surface area contributed by atoms with Crippen LogP contribution in [-0.2, 0) is 17.8 Å². The normalized spacial score (nSPS) is 21.1. The maximum atomic E-state index is 6.35. The Labute approximate surface area is 111 Å². The molecule has 1 atom stereocenters. The van der Waals surface area contributed by atoms with E-state index in [1.54, 1.807) is 0 Å². The molecule has 1 aromatic rings. The molecule has 1 fully saturated rings. The molecule has 1 heterocycles. The van der Waals surface area contributed by atoms with Crippen LogP contribution in [0.1, 0.15) is 42.0 Å². The van der Waals surface area contributed by atoms with Crippen molar-refractivity contribution in [1.82, 2.24) is 0 Å². The number of hydrogen-bond donors (Lipinski definition) is 1. The van der Waals surface area contributed by atoms with Gasteiger partial charge in [0.05, 0.1) is 13.2 Å². The average Bonchev–Trinajstić information content (AvgIpc) is 3.11. The number of nitrogens with two attached hydrogens (primary N) is 1. The van der Waals surface area contributed by atoms with Gasteiger partial charge in [-0.1, -0.05) is 28.8 Å². The molecule has 0 amide bonds. The van der Waals surface area contributed by atoms with Crippen LogP contribution in [0.5, 0.6) is 0 Å². The Bertz CT molecular complexity index is 428. The zero-order chi connectivity index (χ0) is 11.8. The number of benzene rings is 1. The summed E-state index contributed by atoms with van der Waals surface area (Å²) in [5, 5.41) is 0. The molecule has 92 valence electrons. The van der Waals surface area contributed by atoms with Crippen molar-refractivity contribution in [1.29, 1.82) is 0 Å². The van der Waals surface area contributed by atoms with Gasteiger partial charge in [-0.25, -0.2) is 0 Å². The largest absolute Gasteiger partial charge is 0.376 e. The van der Waals surface area contributed by atoms with Crippen molar-refractivity contribution >= 4 is 15.9 Å². The summed E-state index contributed by atoms with van der Waals surface area (Å²) >= 11 is 3.60. The van der Waals surface area contributed by atoms with Crippen LogP contribution in [0.25, 0.3) is 0 Å². The Morgan fingerprint density at radius 3 is 3.00 bits per heavy atom. The molecule has 0 spiro atoms. The first-order valence-electron chi connectivity index (χ1n) is 6.38. The van der Waals surface area contributed by atoms with Gasteiger partial charge in [0.2, 0.25) is 0 Å². The fraction of sp³-hybridized carbons (Fsp3) is 0.571. The van der Waals surface area contributed by atoms with Crippen LogP contribution in [0.2, 0.25) is 0 Å². The number of rotatable bonds is 3. The van der Waals surface area contributed by atoms with E-state index in [-0.39, 0.29) is 6.04 Å². The number of fused-ring (bicyclic) bond motifs is 1. The Hall–Kier alpha value is -0.380. The molecule has 3 heteroatoms. The minimum atomic E-state index is 0.176. The summed E-state index contributed by atoms with van der Waals surface area (Å²) in [4.78, 5) is 0. The summed E-state index contributed by atoms with van der Waals surface area (Å²) in [5.74, 6) is 0.865. The predicted octanol–water partition coefficient (Wildman–Crippen LogP) is 3.32. The van der Waals surface area contributed by atoms with E-state index in [0.717, 1.165) is 36.4 Å². The quantitative estimate of drug-likeness (QED) is 0.928. The van der Waals surface area contributed by atoms with E-state index in [9.17, 15) is 0 Å². The van der Waals surface area contributed by atoms with Gasteiger partial charge < -0.3 is 10.5 Å². The highest BCUT2D eigenvalue weighted by molar-refractivity contribution is 9.10. The number of hydrogen-bond acceptors (Lipinski definition) is 2. The van der Waals surface area contributed by atoms with E-state index < -0.39 is 0 Å². The van der Waals surface area contributed by atoms with Crippen LogP contribution in [0.15, 0.2) is 16.6 Å². The lowest BCUT2D eigenvalue weighted by Crippen LogP contribution is -2.18. The average molecular weight is 296 g/mol. The molecule has 1 aliphatic carbocycles.